The van der Waals surface area contributed by atoms with E-state index in [-0.39, 0.29) is 0 Å². The quantitative estimate of drug-likeness (QED) is 0.740. The zero-order chi connectivity index (χ0) is 13.4. The third-order valence-electron chi connectivity index (χ3n) is 3.84. The minimum Gasteiger partial charge on any atom is -0.367 e. The molecule has 0 aliphatic carbocycles. The van der Waals surface area contributed by atoms with Gasteiger partial charge in [-0.25, -0.2) is 0 Å². The number of rotatable bonds is 2. The van der Waals surface area contributed by atoms with Crippen LogP contribution in [0.25, 0.3) is 16.9 Å². The molecule has 1 atom stereocenters. The van der Waals surface area contributed by atoms with Crippen LogP contribution < -0.4 is 5.32 Å². The molecule has 2 N–H and O–H groups in total. The number of hydrogen-bond donors (Lipinski definition) is 2. The summed E-state index contributed by atoms with van der Waals surface area (Å²) in [6.45, 7) is 2.05. The Kier molecular flexibility index (Phi) is 2.74. The van der Waals surface area contributed by atoms with E-state index in [1.165, 1.54) is 6.42 Å². The van der Waals surface area contributed by atoms with Gasteiger partial charge in [0.15, 0.2) is 11.5 Å². The fraction of sp³-hybridized carbons (Fsp3) is 0.357. The molecule has 1 unspecified atom stereocenters. The fourth-order valence-electron chi connectivity index (χ4n) is 2.77. The Hall–Kier alpha value is -2.21. The molecule has 1 aliphatic rings. The number of hydrogen-bond acceptors (Lipinski definition) is 4. The minimum absolute atomic E-state index is 0.396. The van der Waals surface area contributed by atoms with E-state index in [0.29, 0.717) is 5.92 Å². The van der Waals surface area contributed by atoms with E-state index in [9.17, 15) is 0 Å². The van der Waals surface area contributed by atoms with E-state index in [4.69, 9.17) is 5.10 Å². The zero-order valence-corrected chi connectivity index (χ0v) is 11.1. The van der Waals surface area contributed by atoms with E-state index in [0.717, 1.165) is 42.2 Å². The molecule has 0 amide bonds. The first kappa shape index (κ1) is 11.6. The van der Waals surface area contributed by atoms with Crippen molar-refractivity contribution in [3.05, 3.63) is 36.4 Å². The van der Waals surface area contributed by atoms with Crippen molar-refractivity contribution in [3.8, 4) is 11.3 Å². The lowest BCUT2D eigenvalue weighted by molar-refractivity contribution is 0.440. The summed E-state index contributed by atoms with van der Waals surface area (Å²) in [6.07, 6.45) is 6.17. The Labute approximate surface area is 116 Å². The van der Waals surface area contributed by atoms with Crippen molar-refractivity contribution >= 4 is 5.65 Å². The van der Waals surface area contributed by atoms with Crippen LogP contribution >= 0.6 is 0 Å². The molecule has 0 spiro atoms. The van der Waals surface area contributed by atoms with Crippen LogP contribution in [0.5, 0.6) is 0 Å². The lowest BCUT2D eigenvalue weighted by atomic mass is 9.99. The summed E-state index contributed by atoms with van der Waals surface area (Å²) >= 11 is 0. The van der Waals surface area contributed by atoms with Gasteiger partial charge in [-0.3, -0.25) is 0 Å². The Morgan fingerprint density at radius 2 is 2.20 bits per heavy atom. The van der Waals surface area contributed by atoms with Crippen LogP contribution in [0.2, 0.25) is 0 Å². The molecule has 6 nitrogen and oxygen atoms in total. The second kappa shape index (κ2) is 4.72. The predicted octanol–water partition coefficient (Wildman–Crippen LogP) is 1.59. The van der Waals surface area contributed by atoms with Gasteiger partial charge in [-0.15, -0.1) is 10.2 Å². The van der Waals surface area contributed by atoms with Crippen LogP contribution in [0.4, 0.5) is 0 Å². The Morgan fingerprint density at radius 1 is 1.20 bits per heavy atom. The van der Waals surface area contributed by atoms with Gasteiger partial charge < -0.3 is 10.3 Å². The summed E-state index contributed by atoms with van der Waals surface area (Å²) in [6, 6.07) is 5.97. The first-order valence-electron chi connectivity index (χ1n) is 6.98. The molecule has 0 radical (unpaired) electrons. The van der Waals surface area contributed by atoms with Gasteiger partial charge in [-0.1, -0.05) is 0 Å². The number of nitrogens with one attached hydrogen (secondary N) is 2. The molecular weight excluding hydrogens is 252 g/mol. The van der Waals surface area contributed by atoms with Crippen LogP contribution in [0.15, 0.2) is 30.6 Å². The molecule has 4 rings (SSSR count). The Bertz CT molecular complexity index is 708. The summed E-state index contributed by atoms with van der Waals surface area (Å²) in [7, 11) is 0. The van der Waals surface area contributed by atoms with Gasteiger partial charge >= 0.3 is 0 Å². The summed E-state index contributed by atoms with van der Waals surface area (Å²) in [5.41, 5.74) is 2.82. The van der Waals surface area contributed by atoms with Gasteiger partial charge in [0.2, 0.25) is 0 Å². The molecular formula is C14H16N6. The number of aromatic amines is 1. The van der Waals surface area contributed by atoms with E-state index >= 15 is 0 Å². The molecule has 0 aromatic carbocycles. The molecule has 1 aliphatic heterocycles. The Morgan fingerprint density at radius 3 is 3.00 bits per heavy atom. The van der Waals surface area contributed by atoms with E-state index in [1.54, 1.807) is 0 Å². The first-order valence-corrected chi connectivity index (χ1v) is 6.98. The molecule has 102 valence electrons. The highest BCUT2D eigenvalue weighted by Crippen LogP contribution is 2.23. The maximum absolute atomic E-state index is 4.70. The number of nitrogens with zero attached hydrogens (tertiary/aromatic N) is 4. The predicted molar refractivity (Wildman–Crippen MR) is 75.4 cm³/mol. The summed E-state index contributed by atoms with van der Waals surface area (Å²) in [5, 5.41) is 16.7. The number of piperidine rings is 1. The van der Waals surface area contributed by atoms with Crippen molar-refractivity contribution in [2.75, 3.05) is 13.1 Å². The van der Waals surface area contributed by atoms with Crippen molar-refractivity contribution in [1.82, 2.24) is 30.1 Å². The van der Waals surface area contributed by atoms with Gasteiger partial charge in [0, 0.05) is 30.4 Å². The van der Waals surface area contributed by atoms with Crippen LogP contribution in [0, 0.1) is 0 Å². The van der Waals surface area contributed by atoms with Crippen LogP contribution in [-0.2, 0) is 0 Å². The second-order valence-electron chi connectivity index (χ2n) is 5.19. The third kappa shape index (κ3) is 1.89. The molecule has 0 saturated carbocycles. The van der Waals surface area contributed by atoms with Crippen LogP contribution in [-0.4, -0.2) is 37.9 Å². The van der Waals surface area contributed by atoms with Crippen molar-refractivity contribution < 1.29 is 0 Å². The highest BCUT2D eigenvalue weighted by atomic mass is 15.4. The first-order chi connectivity index (χ1) is 9.92. The second-order valence-corrected chi connectivity index (χ2v) is 5.19. The van der Waals surface area contributed by atoms with Gasteiger partial charge in [-0.05, 0) is 37.6 Å². The lowest BCUT2D eigenvalue weighted by Gasteiger charge is -2.20. The molecule has 1 fully saturated rings. The number of fused-ring (bicyclic) bond motifs is 1. The van der Waals surface area contributed by atoms with E-state index in [2.05, 4.69) is 20.5 Å². The van der Waals surface area contributed by atoms with Crippen LogP contribution in [0.1, 0.15) is 24.6 Å². The highest BCUT2D eigenvalue weighted by Gasteiger charge is 2.21. The monoisotopic (exact) mass is 268 g/mol. The molecule has 4 heterocycles. The SMILES string of the molecule is c1cc(-c2ccc3nnc(C4CCCNC4)n3n2)c[nH]1. The molecule has 20 heavy (non-hydrogen) atoms. The smallest absolute Gasteiger partial charge is 0.177 e. The average molecular weight is 268 g/mol. The molecule has 1 saturated heterocycles. The summed E-state index contributed by atoms with van der Waals surface area (Å²) in [4.78, 5) is 3.06. The van der Waals surface area contributed by atoms with Crippen molar-refractivity contribution in [2.45, 2.75) is 18.8 Å². The largest absolute Gasteiger partial charge is 0.367 e. The summed E-state index contributed by atoms with van der Waals surface area (Å²) in [5.74, 6) is 1.36. The number of aromatic nitrogens is 5. The van der Waals surface area contributed by atoms with Gasteiger partial charge in [0.1, 0.15) is 0 Å². The molecule has 3 aromatic rings. The molecule has 6 heteroatoms. The molecule has 0 bridgehead atoms. The third-order valence-corrected chi connectivity index (χ3v) is 3.84. The standard InChI is InChI=1S/C14H16N6/c1-2-11(9-15-6-1)14-18-17-13-4-3-12(19-20(13)14)10-5-7-16-8-10/h3-5,7-8,11,15-16H,1-2,6,9H2. The van der Waals surface area contributed by atoms with Crippen LogP contribution in [0.3, 0.4) is 0 Å². The summed E-state index contributed by atoms with van der Waals surface area (Å²) < 4.78 is 1.89. The maximum Gasteiger partial charge on any atom is 0.177 e. The fourth-order valence-corrected chi connectivity index (χ4v) is 2.77. The lowest BCUT2D eigenvalue weighted by Crippen LogP contribution is -2.29. The highest BCUT2D eigenvalue weighted by molar-refractivity contribution is 5.59. The topological polar surface area (TPSA) is 70.9 Å². The van der Waals surface area contributed by atoms with Gasteiger partial charge in [-0.2, -0.15) is 9.61 Å². The minimum atomic E-state index is 0.396. The maximum atomic E-state index is 4.70. The van der Waals surface area contributed by atoms with Crippen molar-refractivity contribution in [3.63, 3.8) is 0 Å². The van der Waals surface area contributed by atoms with Crippen molar-refractivity contribution in [2.24, 2.45) is 0 Å². The van der Waals surface area contributed by atoms with Gasteiger partial charge in [0.25, 0.3) is 0 Å². The number of H-pyrrole nitrogens is 1. The average Bonchev–Trinajstić information content (AvgIpc) is 3.17. The Balaban J connectivity index is 1.79. The van der Waals surface area contributed by atoms with E-state index < -0.39 is 0 Å². The van der Waals surface area contributed by atoms with Crippen molar-refractivity contribution in [1.29, 1.82) is 0 Å². The van der Waals surface area contributed by atoms with E-state index in [1.807, 2.05) is 35.1 Å². The normalized spacial score (nSPS) is 19.5. The van der Waals surface area contributed by atoms with Gasteiger partial charge in [0.05, 0.1) is 5.69 Å². The molecule has 3 aromatic heterocycles. The zero-order valence-electron chi connectivity index (χ0n) is 11.1.